The second-order valence-corrected chi connectivity index (χ2v) is 12.4. The van der Waals surface area contributed by atoms with Crippen molar-refractivity contribution in [1.82, 2.24) is 19.6 Å². The van der Waals surface area contributed by atoms with Gasteiger partial charge in [0.25, 0.3) is 0 Å². The Bertz CT molecular complexity index is 1310. The maximum Gasteiger partial charge on any atom is 0.400 e. The normalized spacial score (nSPS) is 23.1. The summed E-state index contributed by atoms with van der Waals surface area (Å²) >= 11 is 0. The maximum atomic E-state index is 13.2. The van der Waals surface area contributed by atoms with E-state index in [2.05, 4.69) is 0 Å². The molecule has 1 aromatic carbocycles. The van der Waals surface area contributed by atoms with Crippen molar-refractivity contribution in [2.24, 2.45) is 5.92 Å². The lowest BCUT2D eigenvalue weighted by Crippen LogP contribution is -2.42. The minimum absolute atomic E-state index is 0.113. The molecule has 15 heteroatoms. The van der Waals surface area contributed by atoms with Crippen LogP contribution in [0, 0.1) is 5.92 Å². The van der Waals surface area contributed by atoms with Gasteiger partial charge in [-0.15, -0.1) is 0 Å². The molecule has 2 aromatic rings. The fourth-order valence-electron chi connectivity index (χ4n) is 5.84. The lowest BCUT2D eigenvalue weighted by atomic mass is 10.00. The number of aliphatic hydroxyl groups is 1. The highest BCUT2D eigenvalue weighted by molar-refractivity contribution is 7.90. The van der Waals surface area contributed by atoms with Crippen LogP contribution in [0.3, 0.4) is 0 Å². The number of alkyl halides is 6. The van der Waals surface area contributed by atoms with Crippen LogP contribution in [0.4, 0.5) is 26.3 Å². The number of rotatable bonds is 6. The third-order valence-corrected chi connectivity index (χ3v) is 9.53. The average molecular weight is 597 g/mol. The van der Waals surface area contributed by atoms with Crippen LogP contribution in [-0.2, 0) is 20.3 Å². The van der Waals surface area contributed by atoms with E-state index in [1.165, 1.54) is 6.07 Å². The van der Waals surface area contributed by atoms with E-state index in [-0.39, 0.29) is 22.9 Å². The van der Waals surface area contributed by atoms with Gasteiger partial charge in [-0.05, 0) is 38.4 Å². The summed E-state index contributed by atoms with van der Waals surface area (Å²) in [5.74, 6) is -3.80. The predicted molar refractivity (Wildman–Crippen MR) is 131 cm³/mol. The van der Waals surface area contributed by atoms with E-state index in [0.29, 0.717) is 62.5 Å². The van der Waals surface area contributed by atoms with Crippen molar-refractivity contribution in [3.63, 3.8) is 0 Å². The summed E-state index contributed by atoms with van der Waals surface area (Å²) in [6.07, 6.45) is -12.1. The minimum atomic E-state index is -5.39. The van der Waals surface area contributed by atoms with Gasteiger partial charge in [-0.2, -0.15) is 31.4 Å². The lowest BCUT2D eigenvalue weighted by molar-refractivity contribution is -0.286. The molecule has 2 atom stereocenters. The number of sulfone groups is 1. The quantitative estimate of drug-likeness (QED) is 0.506. The van der Waals surface area contributed by atoms with E-state index >= 15 is 0 Å². The summed E-state index contributed by atoms with van der Waals surface area (Å²) < 4.78 is 112. The van der Waals surface area contributed by atoms with Gasteiger partial charge in [-0.3, -0.25) is 9.58 Å². The van der Waals surface area contributed by atoms with Gasteiger partial charge in [0.1, 0.15) is 5.69 Å². The van der Waals surface area contributed by atoms with Gasteiger partial charge in [0, 0.05) is 30.8 Å². The number of ether oxygens (including phenoxy) is 1. The van der Waals surface area contributed by atoms with E-state index < -0.39 is 53.3 Å². The molecule has 1 N–H and O–H groups in total. The van der Waals surface area contributed by atoms with Crippen molar-refractivity contribution < 1.29 is 44.6 Å². The van der Waals surface area contributed by atoms with E-state index in [0.717, 1.165) is 0 Å². The van der Waals surface area contributed by atoms with Crippen LogP contribution >= 0.6 is 0 Å². The number of halogens is 6. The minimum Gasteiger partial charge on any atom is -0.379 e. The van der Waals surface area contributed by atoms with Crippen molar-refractivity contribution in [1.29, 1.82) is 0 Å². The van der Waals surface area contributed by atoms with Crippen molar-refractivity contribution >= 4 is 9.84 Å². The molecule has 2 fully saturated rings. The molecule has 3 aliphatic rings. The average Bonchev–Trinajstić information content (AvgIpc) is 3.26. The Balaban J connectivity index is 1.48. The van der Waals surface area contributed by atoms with Gasteiger partial charge in [0.2, 0.25) is 0 Å². The van der Waals surface area contributed by atoms with Gasteiger partial charge >= 0.3 is 12.4 Å². The number of fused-ring (bicyclic) bond motifs is 3. The Kier molecular flexibility index (Phi) is 7.98. The summed E-state index contributed by atoms with van der Waals surface area (Å²) in [5.41, 5.74) is 1.44. The van der Waals surface area contributed by atoms with E-state index in [1.807, 2.05) is 0 Å². The lowest BCUT2D eigenvalue weighted by Gasteiger charge is -2.35. The molecule has 0 spiro atoms. The van der Waals surface area contributed by atoms with Crippen molar-refractivity contribution in [2.75, 3.05) is 45.9 Å². The van der Waals surface area contributed by atoms with Crippen LogP contribution < -0.4 is 0 Å². The molecular formula is C25H30F6N4O4S. The van der Waals surface area contributed by atoms with Gasteiger partial charge < -0.3 is 14.7 Å². The molecular weight excluding hydrogens is 566 g/mol. The number of piperidine rings is 1. The first kappa shape index (κ1) is 29.3. The molecule has 8 nitrogen and oxygen atoms in total. The zero-order valence-corrected chi connectivity index (χ0v) is 22.3. The molecule has 2 unspecified atom stereocenters. The number of aromatic nitrogens is 2. The molecule has 0 saturated carbocycles. The van der Waals surface area contributed by atoms with Crippen molar-refractivity contribution in [3.05, 3.63) is 35.5 Å². The molecule has 3 aliphatic heterocycles. The SMILES string of the molecule is O=S1(=O)Cc2c(C(O)N3CCOCC3)nn(C3CCCN(CCC(C(F)(F)F)C(F)(F)F)C3)c2-c2ccccc21. The second kappa shape index (κ2) is 10.9. The highest BCUT2D eigenvalue weighted by Gasteiger charge is 2.56. The number of nitrogens with zero attached hydrogens (tertiary/aromatic N) is 4. The van der Waals surface area contributed by atoms with Crippen LogP contribution in [0.5, 0.6) is 0 Å². The molecule has 222 valence electrons. The molecule has 40 heavy (non-hydrogen) atoms. The van der Waals surface area contributed by atoms with Crippen LogP contribution in [0.1, 0.15) is 42.8 Å². The molecule has 5 rings (SSSR count). The first-order valence-electron chi connectivity index (χ1n) is 13.1. The van der Waals surface area contributed by atoms with E-state index in [4.69, 9.17) is 9.84 Å². The van der Waals surface area contributed by atoms with Crippen LogP contribution in [0.25, 0.3) is 11.3 Å². The van der Waals surface area contributed by atoms with Crippen LogP contribution in [0.2, 0.25) is 0 Å². The number of likely N-dealkylation sites (tertiary alicyclic amines) is 1. The van der Waals surface area contributed by atoms with Gasteiger partial charge in [0.15, 0.2) is 22.0 Å². The van der Waals surface area contributed by atoms with E-state index in [1.54, 1.807) is 32.7 Å². The number of hydrogen-bond acceptors (Lipinski definition) is 7. The Hall–Kier alpha value is -2.20. The summed E-state index contributed by atoms with van der Waals surface area (Å²) in [7, 11) is -3.75. The van der Waals surface area contributed by atoms with Gasteiger partial charge in [0.05, 0.1) is 35.6 Å². The molecule has 0 amide bonds. The summed E-state index contributed by atoms with van der Waals surface area (Å²) in [6, 6.07) is 5.97. The Labute approximate surface area is 227 Å². The molecule has 0 radical (unpaired) electrons. The largest absolute Gasteiger partial charge is 0.400 e. The van der Waals surface area contributed by atoms with E-state index in [9.17, 15) is 39.9 Å². The topological polar surface area (TPSA) is 87.9 Å². The zero-order chi connectivity index (χ0) is 28.9. The highest BCUT2D eigenvalue weighted by atomic mass is 32.2. The first-order chi connectivity index (χ1) is 18.8. The second-order valence-electron chi connectivity index (χ2n) is 10.5. The first-order valence-corrected chi connectivity index (χ1v) is 14.7. The van der Waals surface area contributed by atoms with Crippen molar-refractivity contribution in [3.8, 4) is 11.3 Å². The fourth-order valence-corrected chi connectivity index (χ4v) is 7.45. The number of hydrogen-bond donors (Lipinski definition) is 1. The molecule has 0 aliphatic carbocycles. The third kappa shape index (κ3) is 5.75. The fraction of sp³-hybridized carbons (Fsp3) is 0.640. The standard InChI is InChI=1S/C25H30F6N4O4S/c26-24(27,28)20(25(29,30)31)7-9-33-8-3-4-16(14-33)35-22-17-5-1-2-6-19(17)40(37,38)15-18(22)21(32-35)23(36)34-10-12-39-13-11-34/h1-2,5-6,16,20,23,36H,3-4,7-15H2. The predicted octanol–water partition coefficient (Wildman–Crippen LogP) is 3.93. The number of morpholine rings is 1. The highest BCUT2D eigenvalue weighted by Crippen LogP contribution is 2.44. The monoisotopic (exact) mass is 596 g/mol. The van der Waals surface area contributed by atoms with Crippen LogP contribution in [0.15, 0.2) is 29.2 Å². The summed E-state index contributed by atoms with van der Waals surface area (Å²) in [4.78, 5) is 3.41. The maximum absolute atomic E-state index is 13.2. The Morgan fingerprint density at radius 3 is 2.40 bits per heavy atom. The Morgan fingerprint density at radius 1 is 1.05 bits per heavy atom. The smallest absolute Gasteiger partial charge is 0.379 e. The molecule has 1 aromatic heterocycles. The van der Waals surface area contributed by atoms with Gasteiger partial charge in [-0.1, -0.05) is 18.2 Å². The summed E-state index contributed by atoms with van der Waals surface area (Å²) in [6.45, 7) is 1.64. The van der Waals surface area contributed by atoms with Crippen molar-refractivity contribution in [2.45, 2.75) is 54.5 Å². The zero-order valence-electron chi connectivity index (χ0n) is 21.5. The Morgan fingerprint density at radius 2 is 1.73 bits per heavy atom. The number of aliphatic hydroxyl groups excluding tert-OH is 1. The molecule has 0 bridgehead atoms. The van der Waals surface area contributed by atoms with Gasteiger partial charge in [-0.25, -0.2) is 8.42 Å². The van der Waals surface area contributed by atoms with Crippen LogP contribution in [-0.4, -0.2) is 91.4 Å². The number of benzene rings is 1. The third-order valence-electron chi connectivity index (χ3n) is 7.84. The molecule has 2 saturated heterocycles. The summed E-state index contributed by atoms with van der Waals surface area (Å²) in [5, 5.41) is 16.0. The molecule has 4 heterocycles.